The second-order valence-electron chi connectivity index (χ2n) is 7.63. The van der Waals surface area contributed by atoms with Gasteiger partial charge in [-0.25, -0.2) is 13.1 Å². The van der Waals surface area contributed by atoms with Gasteiger partial charge in [-0.3, -0.25) is 4.79 Å². The van der Waals surface area contributed by atoms with Crippen LogP contribution in [0.15, 0.2) is 48.7 Å². The molecule has 0 atom stereocenters. The number of sulfonamides is 1. The fraction of sp³-hybridized carbons (Fsp3) is 0.318. The molecule has 8 heteroatoms. The molecule has 0 saturated heterocycles. The molecule has 1 amide bonds. The minimum atomic E-state index is -3.32. The molecule has 160 valence electrons. The van der Waals surface area contributed by atoms with E-state index in [4.69, 9.17) is 0 Å². The first kappa shape index (κ1) is 22.0. The van der Waals surface area contributed by atoms with Gasteiger partial charge in [-0.1, -0.05) is 18.2 Å². The molecule has 0 aliphatic rings. The lowest BCUT2D eigenvalue weighted by Gasteiger charge is -2.09. The predicted molar refractivity (Wildman–Crippen MR) is 121 cm³/mol. The van der Waals surface area contributed by atoms with Crippen LogP contribution in [-0.2, 0) is 33.4 Å². The predicted octanol–water partition coefficient (Wildman–Crippen LogP) is 2.50. The Kier molecular flexibility index (Phi) is 6.91. The van der Waals surface area contributed by atoms with Gasteiger partial charge in [0, 0.05) is 29.3 Å². The highest BCUT2D eigenvalue weighted by molar-refractivity contribution is 7.88. The Balaban J connectivity index is 1.64. The molecule has 7 nitrogen and oxygen atoms in total. The first-order chi connectivity index (χ1) is 14.3. The Hall–Kier alpha value is -2.68. The van der Waals surface area contributed by atoms with Gasteiger partial charge in [0.05, 0.1) is 12.2 Å². The fourth-order valence-electron chi connectivity index (χ4n) is 3.25. The van der Waals surface area contributed by atoms with Gasteiger partial charge >= 0.3 is 0 Å². The largest absolute Gasteiger partial charge is 0.361 e. The van der Waals surface area contributed by atoms with Crippen molar-refractivity contribution in [2.24, 2.45) is 0 Å². The highest BCUT2D eigenvalue weighted by Crippen LogP contribution is 2.21. The summed E-state index contributed by atoms with van der Waals surface area (Å²) in [5.41, 5.74) is 4.56. The molecule has 0 spiro atoms. The highest BCUT2D eigenvalue weighted by atomic mass is 32.2. The molecule has 3 aromatic rings. The van der Waals surface area contributed by atoms with Crippen LogP contribution in [-0.4, -0.2) is 51.9 Å². The summed E-state index contributed by atoms with van der Waals surface area (Å²) in [5.74, 6) is -0.208. The lowest BCUT2D eigenvalue weighted by molar-refractivity contribution is -0.115. The molecule has 1 aromatic heterocycles. The number of carbonyl (C=O) groups excluding carboxylic acids is 1. The Bertz CT molecular complexity index is 1120. The van der Waals surface area contributed by atoms with Crippen LogP contribution in [0.25, 0.3) is 10.9 Å². The number of hydrogen-bond donors (Lipinski definition) is 3. The summed E-state index contributed by atoms with van der Waals surface area (Å²) in [4.78, 5) is 17.9. The van der Waals surface area contributed by atoms with Gasteiger partial charge < -0.3 is 15.2 Å². The van der Waals surface area contributed by atoms with Gasteiger partial charge in [0.25, 0.3) is 0 Å². The minimum Gasteiger partial charge on any atom is -0.361 e. The van der Waals surface area contributed by atoms with Gasteiger partial charge in [-0.15, -0.1) is 0 Å². The van der Waals surface area contributed by atoms with E-state index in [-0.39, 0.29) is 18.1 Å². The van der Waals surface area contributed by atoms with E-state index in [1.165, 1.54) is 12.6 Å². The van der Waals surface area contributed by atoms with Gasteiger partial charge in [0.2, 0.25) is 15.9 Å². The summed E-state index contributed by atoms with van der Waals surface area (Å²) in [6.07, 6.45) is 3.25. The molecule has 0 bridgehead atoms. The van der Waals surface area contributed by atoms with E-state index in [0.717, 1.165) is 29.4 Å². The van der Waals surface area contributed by atoms with Gasteiger partial charge in [-0.2, -0.15) is 0 Å². The number of likely N-dealkylation sites (N-methyl/N-ethyl adjacent to an activating group) is 1. The van der Waals surface area contributed by atoms with E-state index in [2.05, 4.69) is 40.1 Å². The van der Waals surface area contributed by atoms with Crippen LogP contribution >= 0.6 is 0 Å². The number of aromatic nitrogens is 1. The van der Waals surface area contributed by atoms with Gasteiger partial charge in [0.1, 0.15) is 0 Å². The maximum atomic E-state index is 12.5. The van der Waals surface area contributed by atoms with Crippen LogP contribution in [0.5, 0.6) is 0 Å². The van der Waals surface area contributed by atoms with Crippen molar-refractivity contribution in [1.82, 2.24) is 14.6 Å². The molecule has 0 saturated carbocycles. The number of fused-ring (bicyclic) bond motifs is 1. The third-order valence-electron chi connectivity index (χ3n) is 4.93. The molecule has 0 aliphatic carbocycles. The molecule has 0 aliphatic heterocycles. The molecule has 3 N–H and O–H groups in total. The molecular formula is C22H28N4O3S. The van der Waals surface area contributed by atoms with Crippen molar-refractivity contribution in [3.8, 4) is 0 Å². The molecular weight excluding hydrogens is 400 g/mol. The van der Waals surface area contributed by atoms with Crippen molar-refractivity contribution in [3.63, 3.8) is 0 Å². The van der Waals surface area contributed by atoms with Crippen LogP contribution in [0, 0.1) is 0 Å². The average molecular weight is 429 g/mol. The van der Waals surface area contributed by atoms with Crippen molar-refractivity contribution >= 4 is 32.5 Å². The number of carbonyl (C=O) groups is 1. The number of aromatic amines is 1. The number of nitrogens with zero attached hydrogens (tertiary/aromatic N) is 1. The number of nitrogens with one attached hydrogen (secondary N) is 3. The maximum absolute atomic E-state index is 12.5. The first-order valence-corrected chi connectivity index (χ1v) is 11.4. The molecule has 30 heavy (non-hydrogen) atoms. The summed E-state index contributed by atoms with van der Waals surface area (Å²) in [6.45, 7) is 0.962. The summed E-state index contributed by atoms with van der Waals surface area (Å²) in [6, 6.07) is 12.9. The van der Waals surface area contributed by atoms with E-state index in [0.29, 0.717) is 11.3 Å². The standard InChI is InChI=1S/C22H28N4O3S/c1-23-30(28,29)15-16-4-7-19(8-5-16)25-22(27)13-17-6-9-21-20(12-17)18(14-24-21)10-11-26(2)3/h4-9,12,14,23-24H,10-11,13,15H2,1-3H3,(H,25,27). The highest BCUT2D eigenvalue weighted by Gasteiger charge is 2.10. The number of rotatable bonds is 9. The third-order valence-corrected chi connectivity index (χ3v) is 6.27. The first-order valence-electron chi connectivity index (χ1n) is 9.79. The number of benzene rings is 2. The SMILES string of the molecule is CNS(=O)(=O)Cc1ccc(NC(=O)Cc2ccc3[nH]cc(CCN(C)C)c3c2)cc1. The van der Waals surface area contributed by atoms with Crippen LogP contribution in [0.3, 0.4) is 0 Å². The Labute approximate surface area is 177 Å². The van der Waals surface area contributed by atoms with Crippen molar-refractivity contribution in [3.05, 3.63) is 65.4 Å². The average Bonchev–Trinajstić information content (AvgIpc) is 3.10. The molecule has 1 heterocycles. The van der Waals surface area contributed by atoms with Crippen molar-refractivity contribution in [2.75, 3.05) is 33.0 Å². The summed E-state index contributed by atoms with van der Waals surface area (Å²) in [5, 5.41) is 4.02. The minimum absolute atomic E-state index is 0.0927. The van der Waals surface area contributed by atoms with E-state index in [9.17, 15) is 13.2 Å². The number of anilines is 1. The quantitative estimate of drug-likeness (QED) is 0.488. The lowest BCUT2D eigenvalue weighted by Crippen LogP contribution is -2.20. The number of H-pyrrole nitrogens is 1. The summed E-state index contributed by atoms with van der Waals surface area (Å²) < 4.78 is 25.5. The van der Waals surface area contributed by atoms with Gasteiger partial charge in [-0.05, 0) is 68.5 Å². The molecule has 3 rings (SSSR count). The topological polar surface area (TPSA) is 94.3 Å². The van der Waals surface area contributed by atoms with E-state index in [1.54, 1.807) is 24.3 Å². The van der Waals surface area contributed by atoms with Crippen LogP contribution in [0.2, 0.25) is 0 Å². The number of hydrogen-bond acceptors (Lipinski definition) is 4. The number of amides is 1. The molecule has 0 fully saturated rings. The molecule has 0 radical (unpaired) electrons. The van der Waals surface area contributed by atoms with Crippen molar-refractivity contribution in [2.45, 2.75) is 18.6 Å². The zero-order valence-corrected chi connectivity index (χ0v) is 18.3. The van der Waals surface area contributed by atoms with Crippen LogP contribution in [0.1, 0.15) is 16.7 Å². The normalized spacial score (nSPS) is 11.9. The monoisotopic (exact) mass is 428 g/mol. The second-order valence-corrected chi connectivity index (χ2v) is 9.56. The molecule has 2 aromatic carbocycles. The van der Waals surface area contributed by atoms with Crippen molar-refractivity contribution < 1.29 is 13.2 Å². The zero-order chi connectivity index (χ0) is 21.7. The third kappa shape index (κ3) is 5.91. The van der Waals surface area contributed by atoms with Gasteiger partial charge in [0.15, 0.2) is 0 Å². The van der Waals surface area contributed by atoms with E-state index >= 15 is 0 Å². The zero-order valence-electron chi connectivity index (χ0n) is 17.5. The van der Waals surface area contributed by atoms with Crippen LogP contribution in [0.4, 0.5) is 5.69 Å². The summed E-state index contributed by atoms with van der Waals surface area (Å²) in [7, 11) is 2.18. The molecule has 0 unspecified atom stereocenters. The van der Waals surface area contributed by atoms with Crippen molar-refractivity contribution in [1.29, 1.82) is 0 Å². The Morgan fingerprint density at radius 1 is 1.07 bits per heavy atom. The Morgan fingerprint density at radius 2 is 1.77 bits per heavy atom. The van der Waals surface area contributed by atoms with Crippen LogP contribution < -0.4 is 10.0 Å². The smallest absolute Gasteiger partial charge is 0.228 e. The second kappa shape index (κ2) is 9.42. The van der Waals surface area contributed by atoms with E-state index in [1.807, 2.05) is 18.3 Å². The maximum Gasteiger partial charge on any atom is 0.228 e. The lowest BCUT2D eigenvalue weighted by atomic mass is 10.0. The summed E-state index contributed by atoms with van der Waals surface area (Å²) >= 11 is 0. The van der Waals surface area contributed by atoms with E-state index < -0.39 is 10.0 Å². The Morgan fingerprint density at radius 3 is 2.43 bits per heavy atom. The fourth-order valence-corrected chi connectivity index (χ4v) is 4.03.